The molecule has 0 bridgehead atoms. The molecule has 5 nitrogen and oxygen atoms in total. The third kappa shape index (κ3) is 3.19. The number of rotatable bonds is 4. The third-order valence-electron chi connectivity index (χ3n) is 4.06. The van der Waals surface area contributed by atoms with Gasteiger partial charge in [-0.05, 0) is 31.0 Å². The second-order valence-corrected chi connectivity index (χ2v) is 5.53. The quantitative estimate of drug-likeness (QED) is 0.908. The number of piperidine rings is 1. The van der Waals surface area contributed by atoms with Gasteiger partial charge in [0.25, 0.3) is 5.91 Å². The van der Waals surface area contributed by atoms with Crippen LogP contribution in [-0.2, 0) is 0 Å². The van der Waals surface area contributed by atoms with Crippen molar-refractivity contribution in [3.63, 3.8) is 0 Å². The number of carbonyl (C=O) groups excluding carboxylic acids is 1. The number of nitrogens with one attached hydrogen (secondary N) is 1. The highest BCUT2D eigenvalue weighted by Gasteiger charge is 2.20. The fraction of sp³-hybridized carbons (Fsp3) is 0.294. The van der Waals surface area contributed by atoms with Crippen molar-refractivity contribution in [2.75, 3.05) is 23.3 Å². The van der Waals surface area contributed by atoms with Gasteiger partial charge in [0.1, 0.15) is 0 Å². The highest BCUT2D eigenvalue weighted by molar-refractivity contribution is 5.98. The number of benzene rings is 1. The Morgan fingerprint density at radius 1 is 1.18 bits per heavy atom. The number of primary amides is 1. The Morgan fingerprint density at radius 3 is 2.59 bits per heavy atom. The zero-order valence-electron chi connectivity index (χ0n) is 12.4. The average Bonchev–Trinajstić information content (AvgIpc) is 2.57. The molecule has 5 heteroatoms. The summed E-state index contributed by atoms with van der Waals surface area (Å²) < 4.78 is 0. The van der Waals surface area contributed by atoms with Crippen molar-refractivity contribution in [1.29, 1.82) is 0 Å². The first kappa shape index (κ1) is 14.4. The molecule has 1 amide bonds. The molecule has 1 aromatic heterocycles. The van der Waals surface area contributed by atoms with Gasteiger partial charge in [-0.15, -0.1) is 0 Å². The van der Waals surface area contributed by atoms with Crippen LogP contribution in [0, 0.1) is 0 Å². The predicted octanol–water partition coefficient (Wildman–Crippen LogP) is 2.26. The summed E-state index contributed by atoms with van der Waals surface area (Å²) in [6.45, 7) is 2.00. The molecule has 1 aliphatic heterocycles. The van der Waals surface area contributed by atoms with Gasteiger partial charge in [-0.3, -0.25) is 9.78 Å². The number of pyridine rings is 1. The molecule has 0 saturated carbocycles. The molecule has 114 valence electrons. The second-order valence-electron chi connectivity index (χ2n) is 5.53. The van der Waals surface area contributed by atoms with E-state index in [0.29, 0.717) is 11.6 Å². The molecule has 0 aliphatic carbocycles. The van der Waals surface area contributed by atoms with Crippen LogP contribution in [0.4, 0.5) is 11.4 Å². The Labute approximate surface area is 130 Å². The fourth-order valence-corrected chi connectivity index (χ4v) is 2.86. The SMILES string of the molecule is NC(=O)c1cnccc1NC1CCN(c2ccccc2)CC1. The first-order chi connectivity index (χ1) is 10.7. The Bertz CT molecular complexity index is 636. The van der Waals surface area contributed by atoms with Crippen LogP contribution in [0.15, 0.2) is 48.8 Å². The number of anilines is 2. The molecule has 2 aromatic rings. The van der Waals surface area contributed by atoms with E-state index < -0.39 is 5.91 Å². The molecule has 0 spiro atoms. The monoisotopic (exact) mass is 296 g/mol. The lowest BCUT2D eigenvalue weighted by atomic mass is 10.0. The van der Waals surface area contributed by atoms with Crippen molar-refractivity contribution in [1.82, 2.24) is 4.98 Å². The summed E-state index contributed by atoms with van der Waals surface area (Å²) in [6.07, 6.45) is 5.24. The van der Waals surface area contributed by atoms with Crippen molar-refractivity contribution in [3.8, 4) is 0 Å². The van der Waals surface area contributed by atoms with Crippen LogP contribution < -0.4 is 16.0 Å². The van der Waals surface area contributed by atoms with E-state index in [1.54, 1.807) is 6.20 Å². The third-order valence-corrected chi connectivity index (χ3v) is 4.06. The first-order valence-electron chi connectivity index (χ1n) is 7.54. The molecule has 22 heavy (non-hydrogen) atoms. The fourth-order valence-electron chi connectivity index (χ4n) is 2.86. The summed E-state index contributed by atoms with van der Waals surface area (Å²) in [4.78, 5) is 17.8. The van der Waals surface area contributed by atoms with Crippen LogP contribution in [0.5, 0.6) is 0 Å². The summed E-state index contributed by atoms with van der Waals surface area (Å²) >= 11 is 0. The van der Waals surface area contributed by atoms with Crippen molar-refractivity contribution >= 4 is 17.3 Å². The summed E-state index contributed by atoms with van der Waals surface area (Å²) in [7, 11) is 0. The number of nitrogens with zero attached hydrogens (tertiary/aromatic N) is 2. The van der Waals surface area contributed by atoms with E-state index in [2.05, 4.69) is 39.5 Å². The number of hydrogen-bond donors (Lipinski definition) is 2. The first-order valence-corrected chi connectivity index (χ1v) is 7.54. The van der Waals surface area contributed by atoms with E-state index in [9.17, 15) is 4.79 Å². The summed E-state index contributed by atoms with van der Waals surface area (Å²) in [5.74, 6) is -0.447. The van der Waals surface area contributed by atoms with Crippen molar-refractivity contribution in [2.45, 2.75) is 18.9 Å². The van der Waals surface area contributed by atoms with Gasteiger partial charge in [-0.1, -0.05) is 18.2 Å². The van der Waals surface area contributed by atoms with Gasteiger partial charge < -0.3 is 16.0 Å². The maximum absolute atomic E-state index is 11.4. The van der Waals surface area contributed by atoms with E-state index in [0.717, 1.165) is 31.6 Å². The minimum Gasteiger partial charge on any atom is -0.381 e. The van der Waals surface area contributed by atoms with E-state index in [-0.39, 0.29) is 0 Å². The van der Waals surface area contributed by atoms with Crippen LogP contribution in [0.1, 0.15) is 23.2 Å². The van der Waals surface area contributed by atoms with Gasteiger partial charge in [-0.2, -0.15) is 0 Å². The van der Waals surface area contributed by atoms with Gasteiger partial charge in [0.15, 0.2) is 0 Å². The van der Waals surface area contributed by atoms with Crippen molar-refractivity contribution in [2.24, 2.45) is 5.73 Å². The lowest BCUT2D eigenvalue weighted by molar-refractivity contribution is 0.100. The maximum atomic E-state index is 11.4. The minimum atomic E-state index is -0.447. The van der Waals surface area contributed by atoms with E-state index in [1.807, 2.05) is 12.1 Å². The number of aromatic nitrogens is 1. The largest absolute Gasteiger partial charge is 0.381 e. The minimum absolute atomic E-state index is 0.348. The zero-order valence-corrected chi connectivity index (χ0v) is 12.4. The number of para-hydroxylation sites is 1. The average molecular weight is 296 g/mol. The van der Waals surface area contributed by atoms with Gasteiger partial charge in [0.05, 0.1) is 11.3 Å². The Morgan fingerprint density at radius 2 is 1.91 bits per heavy atom. The topological polar surface area (TPSA) is 71.2 Å². The van der Waals surface area contributed by atoms with Crippen LogP contribution in [0.2, 0.25) is 0 Å². The highest BCUT2D eigenvalue weighted by atomic mass is 16.1. The van der Waals surface area contributed by atoms with Gasteiger partial charge >= 0.3 is 0 Å². The Hall–Kier alpha value is -2.56. The molecule has 1 aliphatic rings. The number of carbonyl (C=O) groups is 1. The molecular formula is C17H20N4O. The van der Waals surface area contributed by atoms with Crippen molar-refractivity contribution < 1.29 is 4.79 Å². The van der Waals surface area contributed by atoms with Crippen LogP contribution in [-0.4, -0.2) is 30.0 Å². The van der Waals surface area contributed by atoms with E-state index in [1.165, 1.54) is 11.9 Å². The number of hydrogen-bond acceptors (Lipinski definition) is 4. The van der Waals surface area contributed by atoms with E-state index in [4.69, 9.17) is 5.73 Å². The zero-order chi connectivity index (χ0) is 15.4. The van der Waals surface area contributed by atoms with E-state index >= 15 is 0 Å². The molecule has 2 heterocycles. The lowest BCUT2D eigenvalue weighted by Gasteiger charge is -2.34. The molecule has 1 saturated heterocycles. The molecule has 3 N–H and O–H groups in total. The number of amides is 1. The predicted molar refractivity (Wildman–Crippen MR) is 88.1 cm³/mol. The van der Waals surface area contributed by atoms with Crippen LogP contribution in [0.3, 0.4) is 0 Å². The standard InChI is InChI=1S/C17H20N4O/c18-17(22)15-12-19-9-6-16(15)20-13-7-10-21(11-8-13)14-4-2-1-3-5-14/h1-6,9,12-13H,7-8,10-11H2,(H2,18,22)(H,19,20). The number of nitrogens with two attached hydrogens (primary N) is 1. The molecular weight excluding hydrogens is 276 g/mol. The van der Waals surface area contributed by atoms with Gasteiger partial charge in [0.2, 0.25) is 0 Å². The molecule has 0 radical (unpaired) electrons. The smallest absolute Gasteiger partial charge is 0.252 e. The van der Waals surface area contributed by atoms with Crippen molar-refractivity contribution in [3.05, 3.63) is 54.4 Å². The summed E-state index contributed by atoms with van der Waals surface area (Å²) in [5, 5.41) is 3.44. The normalized spacial score (nSPS) is 15.5. The molecule has 3 rings (SSSR count). The molecule has 1 aromatic carbocycles. The van der Waals surface area contributed by atoms with Gasteiger partial charge in [-0.25, -0.2) is 0 Å². The molecule has 0 unspecified atom stereocenters. The molecule has 0 atom stereocenters. The van der Waals surface area contributed by atoms with Crippen LogP contribution >= 0.6 is 0 Å². The van der Waals surface area contributed by atoms with Gasteiger partial charge in [0, 0.05) is 37.2 Å². The van der Waals surface area contributed by atoms with Crippen LogP contribution in [0.25, 0.3) is 0 Å². The second kappa shape index (κ2) is 6.47. The Kier molecular flexibility index (Phi) is 4.23. The molecule has 1 fully saturated rings. The Balaban J connectivity index is 1.62. The highest BCUT2D eigenvalue weighted by Crippen LogP contribution is 2.23. The maximum Gasteiger partial charge on any atom is 0.252 e. The summed E-state index contributed by atoms with van der Waals surface area (Å²) in [5.41, 5.74) is 7.89. The lowest BCUT2D eigenvalue weighted by Crippen LogP contribution is -2.39. The summed E-state index contributed by atoms with van der Waals surface area (Å²) in [6, 6.07) is 12.6.